The topological polar surface area (TPSA) is 54.9 Å². The fourth-order valence-electron chi connectivity index (χ4n) is 4.36. The summed E-state index contributed by atoms with van der Waals surface area (Å²) in [5.41, 5.74) is 2.76. The van der Waals surface area contributed by atoms with E-state index in [0.717, 1.165) is 53.0 Å². The number of amides is 1. The molecule has 1 aliphatic rings. The van der Waals surface area contributed by atoms with Crippen LogP contribution in [0.15, 0.2) is 72.9 Å². The van der Waals surface area contributed by atoms with Crippen LogP contribution in [0.3, 0.4) is 0 Å². The summed E-state index contributed by atoms with van der Waals surface area (Å²) in [6, 6.07) is 21.0. The molecule has 37 heavy (non-hydrogen) atoms. The number of hydrogen-bond donors (Lipinski definition) is 0. The summed E-state index contributed by atoms with van der Waals surface area (Å²) >= 11 is 7.28. The van der Waals surface area contributed by atoms with Crippen LogP contribution >= 0.6 is 24.0 Å². The number of hydrogen-bond acceptors (Lipinski definition) is 6. The van der Waals surface area contributed by atoms with E-state index in [1.54, 1.807) is 29.8 Å². The summed E-state index contributed by atoms with van der Waals surface area (Å²) in [6.45, 7) is 3.10. The molecule has 4 rings (SSSR count). The number of likely N-dealkylation sites (tertiary alicyclic amines) is 1. The third-order valence-electron chi connectivity index (χ3n) is 6.36. The normalized spacial score (nSPS) is 13.8. The Morgan fingerprint density at radius 2 is 1.84 bits per heavy atom. The third-order valence-corrected chi connectivity index (χ3v) is 7.84. The van der Waals surface area contributed by atoms with Crippen molar-refractivity contribution >= 4 is 34.2 Å². The molecule has 0 bridgehead atoms. The van der Waals surface area contributed by atoms with Gasteiger partial charge in [0, 0.05) is 62.9 Å². The standard InChI is InChI=1S/C29H33N3O3S2/c1-31(28(33)24-7-6-10-26(20-24)35-25-8-4-3-5-9-25)21-22-11-14-30-27(19-22)23-12-15-32(16-13-23)29(36)37-18-17-34-2/h3-11,14,19-20,23H,12-13,15-18,21H2,1-2H3. The molecule has 0 unspecified atom stereocenters. The summed E-state index contributed by atoms with van der Waals surface area (Å²) in [6.07, 6.45) is 3.89. The molecule has 0 saturated carbocycles. The van der Waals surface area contributed by atoms with E-state index in [4.69, 9.17) is 21.7 Å². The molecule has 0 N–H and O–H groups in total. The van der Waals surface area contributed by atoms with Gasteiger partial charge in [-0.15, -0.1) is 0 Å². The smallest absolute Gasteiger partial charge is 0.254 e. The maximum Gasteiger partial charge on any atom is 0.254 e. The van der Waals surface area contributed by atoms with Crippen LogP contribution in [0.2, 0.25) is 0 Å². The molecule has 0 spiro atoms. The Hall–Kier alpha value is -2.94. The number of para-hydroxylation sites is 1. The predicted octanol–water partition coefficient (Wildman–Crippen LogP) is 5.99. The highest BCUT2D eigenvalue weighted by Gasteiger charge is 2.23. The lowest BCUT2D eigenvalue weighted by molar-refractivity contribution is 0.0784. The SMILES string of the molecule is COCCSC(=S)N1CCC(c2cc(CN(C)C(=O)c3cccc(Oc4ccccc4)c3)ccn2)CC1. The Morgan fingerprint density at radius 1 is 1.08 bits per heavy atom. The second kappa shape index (κ2) is 13.6. The second-order valence-corrected chi connectivity index (χ2v) is 10.8. The Kier molecular flexibility index (Phi) is 9.93. The molecule has 1 aromatic heterocycles. The molecule has 0 radical (unpaired) electrons. The third kappa shape index (κ3) is 7.77. The number of nitrogens with zero attached hydrogens (tertiary/aromatic N) is 3. The van der Waals surface area contributed by atoms with Crippen molar-refractivity contribution in [1.82, 2.24) is 14.8 Å². The number of rotatable bonds is 9. The Bertz CT molecular complexity index is 1180. The molecule has 1 aliphatic heterocycles. The van der Waals surface area contributed by atoms with Gasteiger partial charge in [0.25, 0.3) is 5.91 Å². The van der Waals surface area contributed by atoms with E-state index in [1.807, 2.05) is 67.8 Å². The van der Waals surface area contributed by atoms with E-state index in [9.17, 15) is 4.79 Å². The average Bonchev–Trinajstić information content (AvgIpc) is 2.93. The highest BCUT2D eigenvalue weighted by molar-refractivity contribution is 8.22. The molecule has 1 amide bonds. The number of carbonyl (C=O) groups is 1. The predicted molar refractivity (Wildman–Crippen MR) is 153 cm³/mol. The van der Waals surface area contributed by atoms with Crippen LogP contribution in [0, 0.1) is 0 Å². The van der Waals surface area contributed by atoms with Crippen LogP contribution < -0.4 is 4.74 Å². The zero-order chi connectivity index (χ0) is 26.0. The van der Waals surface area contributed by atoms with E-state index in [0.29, 0.717) is 30.4 Å². The molecule has 0 aliphatic carbocycles. The van der Waals surface area contributed by atoms with Crippen molar-refractivity contribution in [3.8, 4) is 11.5 Å². The minimum atomic E-state index is -0.0512. The summed E-state index contributed by atoms with van der Waals surface area (Å²) in [5, 5.41) is 0. The highest BCUT2D eigenvalue weighted by Crippen LogP contribution is 2.29. The maximum absolute atomic E-state index is 13.2. The Balaban J connectivity index is 1.33. The number of ether oxygens (including phenoxy) is 2. The van der Waals surface area contributed by atoms with Crippen LogP contribution in [0.25, 0.3) is 0 Å². The highest BCUT2D eigenvalue weighted by atomic mass is 32.2. The Morgan fingerprint density at radius 3 is 2.59 bits per heavy atom. The number of thiocarbonyl (C=S) groups is 1. The van der Waals surface area contributed by atoms with Crippen molar-refractivity contribution < 1.29 is 14.3 Å². The molecule has 6 nitrogen and oxygen atoms in total. The number of methoxy groups -OCH3 is 1. The minimum Gasteiger partial charge on any atom is -0.457 e. The summed E-state index contributed by atoms with van der Waals surface area (Å²) < 4.78 is 12.0. The first kappa shape index (κ1) is 27.1. The maximum atomic E-state index is 13.2. The van der Waals surface area contributed by atoms with Gasteiger partial charge in [-0.2, -0.15) is 0 Å². The van der Waals surface area contributed by atoms with E-state index < -0.39 is 0 Å². The number of carbonyl (C=O) groups excluding carboxylic acids is 1. The van der Waals surface area contributed by atoms with Crippen molar-refractivity contribution in [3.05, 3.63) is 89.7 Å². The summed E-state index contributed by atoms with van der Waals surface area (Å²) in [5.74, 6) is 2.61. The molecule has 2 heterocycles. The number of benzene rings is 2. The van der Waals surface area contributed by atoms with Gasteiger partial charge in [0.05, 0.1) is 6.61 Å². The van der Waals surface area contributed by atoms with Crippen LogP contribution in [-0.2, 0) is 11.3 Å². The van der Waals surface area contributed by atoms with Gasteiger partial charge in [0.2, 0.25) is 0 Å². The molecular formula is C29H33N3O3S2. The van der Waals surface area contributed by atoms with Crippen molar-refractivity contribution in [2.75, 3.05) is 39.6 Å². The lowest BCUT2D eigenvalue weighted by atomic mass is 9.92. The first-order valence-electron chi connectivity index (χ1n) is 12.5. The largest absolute Gasteiger partial charge is 0.457 e. The van der Waals surface area contributed by atoms with Crippen LogP contribution in [-0.4, -0.2) is 64.6 Å². The molecule has 0 atom stereocenters. The zero-order valence-electron chi connectivity index (χ0n) is 21.3. The number of pyridine rings is 1. The molecule has 1 fully saturated rings. The van der Waals surface area contributed by atoms with Gasteiger partial charge >= 0.3 is 0 Å². The van der Waals surface area contributed by atoms with Crippen LogP contribution in [0.5, 0.6) is 11.5 Å². The number of thioether (sulfide) groups is 1. The molecular weight excluding hydrogens is 502 g/mol. The van der Waals surface area contributed by atoms with Gasteiger partial charge < -0.3 is 19.3 Å². The molecule has 8 heteroatoms. The van der Waals surface area contributed by atoms with E-state index in [2.05, 4.69) is 16.0 Å². The van der Waals surface area contributed by atoms with Crippen molar-refractivity contribution in [3.63, 3.8) is 0 Å². The van der Waals surface area contributed by atoms with Gasteiger partial charge in [-0.3, -0.25) is 9.78 Å². The van der Waals surface area contributed by atoms with Crippen LogP contribution in [0.1, 0.15) is 40.4 Å². The monoisotopic (exact) mass is 535 g/mol. The number of piperidine rings is 1. The second-order valence-electron chi connectivity index (χ2n) is 9.06. The zero-order valence-corrected chi connectivity index (χ0v) is 23.0. The summed E-state index contributed by atoms with van der Waals surface area (Å²) in [7, 11) is 3.54. The van der Waals surface area contributed by atoms with Gasteiger partial charge in [-0.1, -0.05) is 48.2 Å². The van der Waals surface area contributed by atoms with Gasteiger partial charge in [0.1, 0.15) is 15.8 Å². The molecule has 3 aromatic rings. The average molecular weight is 536 g/mol. The van der Waals surface area contributed by atoms with Crippen molar-refractivity contribution in [2.45, 2.75) is 25.3 Å². The minimum absolute atomic E-state index is 0.0512. The first-order valence-corrected chi connectivity index (χ1v) is 13.9. The number of aromatic nitrogens is 1. The lowest BCUT2D eigenvalue weighted by Crippen LogP contribution is -2.36. The van der Waals surface area contributed by atoms with E-state index in [1.165, 1.54) is 0 Å². The Labute approximate surface area is 229 Å². The molecule has 194 valence electrons. The van der Waals surface area contributed by atoms with Crippen molar-refractivity contribution in [2.24, 2.45) is 0 Å². The molecule has 2 aromatic carbocycles. The van der Waals surface area contributed by atoms with Crippen LogP contribution in [0.4, 0.5) is 0 Å². The lowest BCUT2D eigenvalue weighted by Gasteiger charge is -2.33. The quantitative estimate of drug-likeness (QED) is 0.246. The fraction of sp³-hybridized carbons (Fsp3) is 0.345. The van der Waals surface area contributed by atoms with Gasteiger partial charge in [0.15, 0.2) is 0 Å². The van der Waals surface area contributed by atoms with E-state index >= 15 is 0 Å². The van der Waals surface area contributed by atoms with Crippen molar-refractivity contribution in [1.29, 1.82) is 0 Å². The summed E-state index contributed by atoms with van der Waals surface area (Å²) in [4.78, 5) is 21.8. The van der Waals surface area contributed by atoms with Gasteiger partial charge in [-0.25, -0.2) is 0 Å². The van der Waals surface area contributed by atoms with E-state index in [-0.39, 0.29) is 5.91 Å². The first-order chi connectivity index (χ1) is 18.0. The molecule has 1 saturated heterocycles. The fourth-order valence-corrected chi connectivity index (χ4v) is 5.58. The van der Waals surface area contributed by atoms with Gasteiger partial charge in [-0.05, 0) is 60.9 Å².